The summed E-state index contributed by atoms with van der Waals surface area (Å²) in [5, 5.41) is 10.6. The van der Waals surface area contributed by atoms with Crippen LogP contribution in [0.3, 0.4) is 0 Å². The van der Waals surface area contributed by atoms with E-state index >= 15 is 0 Å². The summed E-state index contributed by atoms with van der Waals surface area (Å²) in [4.78, 5) is 12.1. The molecule has 92 valence electrons. The van der Waals surface area contributed by atoms with Crippen LogP contribution in [0.4, 0.5) is 0 Å². The molecule has 18 heavy (non-hydrogen) atoms. The van der Waals surface area contributed by atoms with Crippen molar-refractivity contribution in [1.82, 2.24) is 0 Å². The van der Waals surface area contributed by atoms with Crippen molar-refractivity contribution in [3.05, 3.63) is 52.7 Å². The van der Waals surface area contributed by atoms with Crippen LogP contribution in [0.25, 0.3) is 21.9 Å². The standard InChI is InChI=1S/C13H8O3.C2H6/c14-10-6-3-5-9-12(15)8-4-1-2-7-11(8)16-13(9)10;1-2/h1-7,14H;1-2H3. The summed E-state index contributed by atoms with van der Waals surface area (Å²) in [6.45, 7) is 4.00. The van der Waals surface area contributed by atoms with Crippen LogP contribution in [0.1, 0.15) is 13.8 Å². The maximum atomic E-state index is 12.1. The van der Waals surface area contributed by atoms with Gasteiger partial charge in [-0.25, -0.2) is 0 Å². The van der Waals surface area contributed by atoms with Gasteiger partial charge >= 0.3 is 0 Å². The summed E-state index contributed by atoms with van der Waals surface area (Å²) in [5.74, 6) is -0.0136. The molecule has 0 amide bonds. The quantitative estimate of drug-likeness (QED) is 0.612. The minimum absolute atomic E-state index is 0.0136. The first-order valence-corrected chi connectivity index (χ1v) is 5.91. The molecule has 1 N–H and O–H groups in total. The Morgan fingerprint density at radius 2 is 1.61 bits per heavy atom. The van der Waals surface area contributed by atoms with Gasteiger partial charge in [-0.15, -0.1) is 0 Å². The number of phenolic OH excluding ortho intramolecular Hbond substituents is 1. The number of rotatable bonds is 0. The van der Waals surface area contributed by atoms with E-state index in [-0.39, 0.29) is 16.8 Å². The van der Waals surface area contributed by atoms with Crippen LogP contribution in [0.5, 0.6) is 5.75 Å². The third-order valence-electron chi connectivity index (χ3n) is 2.58. The van der Waals surface area contributed by atoms with Gasteiger partial charge in [-0.05, 0) is 24.3 Å². The Bertz CT molecular complexity index is 741. The van der Waals surface area contributed by atoms with Gasteiger partial charge in [0.25, 0.3) is 0 Å². The highest BCUT2D eigenvalue weighted by Gasteiger charge is 2.09. The highest BCUT2D eigenvalue weighted by molar-refractivity contribution is 5.92. The molecule has 0 unspecified atom stereocenters. The van der Waals surface area contributed by atoms with Gasteiger partial charge in [0.2, 0.25) is 5.43 Å². The first kappa shape index (κ1) is 12.2. The van der Waals surface area contributed by atoms with Crippen molar-refractivity contribution in [2.24, 2.45) is 0 Å². The van der Waals surface area contributed by atoms with E-state index in [0.29, 0.717) is 16.4 Å². The summed E-state index contributed by atoms with van der Waals surface area (Å²) >= 11 is 0. The Hall–Kier alpha value is -2.29. The molecular weight excluding hydrogens is 228 g/mol. The molecule has 3 heteroatoms. The molecule has 0 aliphatic carbocycles. The Morgan fingerprint density at radius 1 is 0.944 bits per heavy atom. The van der Waals surface area contributed by atoms with Crippen LogP contribution in [0, 0.1) is 0 Å². The Balaban J connectivity index is 0.000000574. The lowest BCUT2D eigenvalue weighted by atomic mass is 10.1. The van der Waals surface area contributed by atoms with E-state index in [1.807, 2.05) is 13.8 Å². The van der Waals surface area contributed by atoms with Crippen molar-refractivity contribution in [3.63, 3.8) is 0 Å². The van der Waals surface area contributed by atoms with E-state index in [2.05, 4.69) is 0 Å². The first-order chi connectivity index (χ1) is 8.77. The molecule has 2 aromatic carbocycles. The normalized spacial score (nSPS) is 10.1. The summed E-state index contributed by atoms with van der Waals surface area (Å²) in [5.41, 5.74) is 0.612. The van der Waals surface area contributed by atoms with Crippen LogP contribution < -0.4 is 5.43 Å². The lowest BCUT2D eigenvalue weighted by molar-refractivity contribution is 0.467. The van der Waals surface area contributed by atoms with Crippen molar-refractivity contribution in [2.75, 3.05) is 0 Å². The monoisotopic (exact) mass is 242 g/mol. The Labute approximate surface area is 104 Å². The maximum absolute atomic E-state index is 12.1. The predicted molar refractivity (Wildman–Crippen MR) is 73.0 cm³/mol. The number of fused-ring (bicyclic) bond motifs is 2. The molecule has 0 bridgehead atoms. The minimum Gasteiger partial charge on any atom is -0.504 e. The van der Waals surface area contributed by atoms with E-state index in [1.165, 1.54) is 6.07 Å². The SMILES string of the molecule is CC.O=c1c2ccccc2oc2c(O)cccc12. The van der Waals surface area contributed by atoms with Gasteiger partial charge in [-0.3, -0.25) is 4.79 Å². The second-order valence-electron chi connectivity index (χ2n) is 3.58. The number of benzene rings is 2. The van der Waals surface area contributed by atoms with E-state index in [9.17, 15) is 9.90 Å². The summed E-state index contributed by atoms with van der Waals surface area (Å²) in [6.07, 6.45) is 0. The molecule has 0 aliphatic rings. The Kier molecular flexibility index (Phi) is 3.33. The number of hydrogen-bond acceptors (Lipinski definition) is 3. The molecule has 0 saturated heterocycles. The van der Waals surface area contributed by atoms with Gasteiger partial charge in [0.15, 0.2) is 11.3 Å². The fraction of sp³-hybridized carbons (Fsp3) is 0.133. The van der Waals surface area contributed by atoms with E-state index in [1.54, 1.807) is 36.4 Å². The van der Waals surface area contributed by atoms with Gasteiger partial charge in [-0.1, -0.05) is 32.0 Å². The van der Waals surface area contributed by atoms with Crippen LogP contribution >= 0.6 is 0 Å². The predicted octanol–water partition coefficient (Wildman–Crippen LogP) is 3.68. The summed E-state index contributed by atoms with van der Waals surface area (Å²) < 4.78 is 5.51. The number of aromatic hydroxyl groups is 1. The molecule has 1 aromatic heterocycles. The number of phenols is 1. The lowest BCUT2D eigenvalue weighted by Crippen LogP contribution is -2.01. The van der Waals surface area contributed by atoms with E-state index in [0.717, 1.165) is 0 Å². The summed E-state index contributed by atoms with van der Waals surface area (Å²) in [7, 11) is 0. The van der Waals surface area contributed by atoms with Crippen molar-refractivity contribution < 1.29 is 9.52 Å². The Morgan fingerprint density at radius 3 is 2.39 bits per heavy atom. The molecule has 0 radical (unpaired) electrons. The second kappa shape index (κ2) is 4.92. The molecule has 0 fully saturated rings. The largest absolute Gasteiger partial charge is 0.504 e. The zero-order valence-electron chi connectivity index (χ0n) is 10.3. The average Bonchev–Trinajstić information content (AvgIpc) is 2.43. The van der Waals surface area contributed by atoms with Gasteiger partial charge < -0.3 is 9.52 Å². The lowest BCUT2D eigenvalue weighted by Gasteiger charge is -2.01. The van der Waals surface area contributed by atoms with Crippen molar-refractivity contribution >= 4 is 21.9 Å². The third-order valence-corrected chi connectivity index (χ3v) is 2.58. The number of para-hydroxylation sites is 2. The highest BCUT2D eigenvalue weighted by Crippen LogP contribution is 2.25. The highest BCUT2D eigenvalue weighted by atomic mass is 16.4. The van der Waals surface area contributed by atoms with Crippen molar-refractivity contribution in [1.29, 1.82) is 0 Å². The van der Waals surface area contributed by atoms with Crippen molar-refractivity contribution in [2.45, 2.75) is 13.8 Å². The minimum atomic E-state index is -0.118. The molecule has 0 aliphatic heterocycles. The molecule has 0 saturated carbocycles. The van der Waals surface area contributed by atoms with E-state index in [4.69, 9.17) is 4.42 Å². The fourth-order valence-corrected chi connectivity index (χ4v) is 1.81. The molecule has 3 aromatic rings. The third kappa shape index (κ3) is 1.84. The van der Waals surface area contributed by atoms with Crippen LogP contribution in [0.15, 0.2) is 51.7 Å². The fourth-order valence-electron chi connectivity index (χ4n) is 1.81. The van der Waals surface area contributed by atoms with Crippen molar-refractivity contribution in [3.8, 4) is 5.75 Å². The molecule has 3 nitrogen and oxygen atoms in total. The van der Waals surface area contributed by atoms with Gasteiger partial charge in [0.1, 0.15) is 5.58 Å². The molecule has 3 rings (SSSR count). The van der Waals surface area contributed by atoms with Gasteiger partial charge in [0.05, 0.1) is 10.8 Å². The maximum Gasteiger partial charge on any atom is 0.200 e. The van der Waals surface area contributed by atoms with Crippen LogP contribution in [-0.2, 0) is 0 Å². The van der Waals surface area contributed by atoms with E-state index < -0.39 is 0 Å². The number of hydrogen-bond donors (Lipinski definition) is 1. The molecular formula is C15H14O3. The molecule has 0 atom stereocenters. The zero-order chi connectivity index (χ0) is 13.1. The van der Waals surface area contributed by atoms with Gasteiger partial charge in [-0.2, -0.15) is 0 Å². The summed E-state index contributed by atoms with van der Waals surface area (Å²) in [6, 6.07) is 11.8. The molecule has 1 heterocycles. The second-order valence-corrected chi connectivity index (χ2v) is 3.58. The van der Waals surface area contributed by atoms with Gasteiger partial charge in [0, 0.05) is 0 Å². The zero-order valence-corrected chi connectivity index (χ0v) is 10.3. The topological polar surface area (TPSA) is 50.4 Å². The first-order valence-electron chi connectivity index (χ1n) is 5.91. The van der Waals surface area contributed by atoms with Crippen LogP contribution in [-0.4, -0.2) is 5.11 Å². The average molecular weight is 242 g/mol. The van der Waals surface area contributed by atoms with Crippen LogP contribution in [0.2, 0.25) is 0 Å². The smallest absolute Gasteiger partial charge is 0.200 e. The molecule has 0 spiro atoms.